The molecule has 0 aromatic rings. The van der Waals surface area contributed by atoms with E-state index in [-0.39, 0.29) is 6.15 Å². The van der Waals surface area contributed by atoms with E-state index in [0.717, 1.165) is 0 Å². The van der Waals surface area contributed by atoms with Crippen LogP contribution in [0.3, 0.4) is 0 Å². The lowest BCUT2D eigenvalue weighted by atomic mass is 11.2. The maximum atomic E-state index is 12.1. The third-order valence-electron chi connectivity index (χ3n) is 1.56. The number of rotatable bonds is 3. The summed E-state index contributed by atoms with van der Waals surface area (Å²) in [6.45, 7) is 0. The summed E-state index contributed by atoms with van der Waals surface area (Å²) < 4.78 is 17.3. The van der Waals surface area contributed by atoms with Crippen molar-refractivity contribution >= 4 is 7.59 Å². The van der Waals surface area contributed by atoms with Crippen molar-refractivity contribution in [1.82, 2.24) is 20.2 Å². The van der Waals surface area contributed by atoms with Crippen LogP contribution in [0.25, 0.3) is 0 Å². The molecule has 12 heavy (non-hydrogen) atoms. The zero-order valence-electron chi connectivity index (χ0n) is 8.64. The van der Waals surface area contributed by atoms with Gasteiger partial charge < -0.3 is 0 Å². The minimum atomic E-state index is -2.44. The molecule has 0 amide bonds. The van der Waals surface area contributed by atoms with E-state index < -0.39 is 7.59 Å². The molecule has 0 fully saturated rings. The highest BCUT2D eigenvalue weighted by Crippen LogP contribution is 2.50. The lowest BCUT2D eigenvalue weighted by molar-refractivity contribution is 0.383. The number of hydrogen-bond donors (Lipinski definition) is 0. The van der Waals surface area contributed by atoms with Gasteiger partial charge in [-0.05, 0) is 42.3 Å². The van der Waals surface area contributed by atoms with Crippen LogP contribution in [0.1, 0.15) is 0 Å². The fraction of sp³-hybridized carbons (Fsp3) is 1.00. The summed E-state index contributed by atoms with van der Waals surface area (Å²) in [5, 5.41) is 0. The summed E-state index contributed by atoms with van der Waals surface area (Å²) in [6, 6.07) is 0. The van der Waals surface area contributed by atoms with Crippen molar-refractivity contribution in [3.8, 4) is 0 Å². The van der Waals surface area contributed by atoms with Crippen LogP contribution in [-0.4, -0.2) is 56.3 Å². The van der Waals surface area contributed by atoms with Crippen molar-refractivity contribution in [1.29, 1.82) is 0 Å². The molecule has 0 aromatic heterocycles. The molecule has 0 saturated carbocycles. The zero-order chi connectivity index (χ0) is 9.23. The summed E-state index contributed by atoms with van der Waals surface area (Å²) in [4.78, 5) is 0. The minimum Gasteiger partial charge on any atom is -0.270 e. The largest absolute Gasteiger partial charge is 0.285 e. The first-order valence-electron chi connectivity index (χ1n) is 3.47. The van der Waals surface area contributed by atoms with E-state index in [2.05, 4.69) is 0 Å². The highest BCUT2D eigenvalue weighted by atomic mass is 31.2. The Morgan fingerprint density at radius 3 is 0.917 bits per heavy atom. The van der Waals surface area contributed by atoms with Crippen LogP contribution in [0.5, 0.6) is 0 Å². The normalized spacial score (nSPS) is 12.4. The monoisotopic (exact) mass is 193 g/mol. The van der Waals surface area contributed by atoms with Gasteiger partial charge in [-0.3, -0.25) is 4.57 Å². The van der Waals surface area contributed by atoms with Crippen LogP contribution in [-0.2, 0) is 4.57 Å². The highest BCUT2D eigenvalue weighted by Gasteiger charge is 2.30. The van der Waals surface area contributed by atoms with E-state index in [9.17, 15) is 4.57 Å². The van der Waals surface area contributed by atoms with Crippen LogP contribution in [0.2, 0.25) is 0 Å². The SMILES string of the molecule is CN(C)P(=O)(N(C)C)N(C)C.[N]. The van der Waals surface area contributed by atoms with Gasteiger partial charge in [0.2, 0.25) is 0 Å². The van der Waals surface area contributed by atoms with Gasteiger partial charge in [-0.25, -0.2) is 14.0 Å². The van der Waals surface area contributed by atoms with Crippen molar-refractivity contribution in [3.05, 3.63) is 0 Å². The fourth-order valence-corrected chi connectivity index (χ4v) is 3.22. The molecular weight excluding hydrogens is 175 g/mol. The Bertz CT molecular complexity index is 140. The molecule has 0 saturated heterocycles. The second kappa shape index (κ2) is 4.94. The molecule has 0 spiro atoms. The summed E-state index contributed by atoms with van der Waals surface area (Å²) in [7, 11) is 8.49. The lowest BCUT2D eigenvalue weighted by Gasteiger charge is -2.34. The maximum Gasteiger partial charge on any atom is 0.285 e. The number of nitrogens with zero attached hydrogens (tertiary/aromatic N) is 4. The quantitative estimate of drug-likeness (QED) is 0.605. The summed E-state index contributed by atoms with van der Waals surface area (Å²) in [6.07, 6.45) is 0. The van der Waals surface area contributed by atoms with Gasteiger partial charge in [0.1, 0.15) is 0 Å². The molecule has 0 bridgehead atoms. The van der Waals surface area contributed by atoms with Crippen LogP contribution in [0.4, 0.5) is 0 Å². The summed E-state index contributed by atoms with van der Waals surface area (Å²) in [5.41, 5.74) is 0. The summed E-state index contributed by atoms with van der Waals surface area (Å²) >= 11 is 0. The van der Waals surface area contributed by atoms with Gasteiger partial charge in [0.15, 0.2) is 0 Å². The predicted octanol–water partition coefficient (Wildman–Crippen LogP) is 0.299. The first-order valence-corrected chi connectivity index (χ1v) is 5.03. The average molecular weight is 193 g/mol. The Labute approximate surface area is 75.4 Å². The molecule has 6 heteroatoms. The molecular formula is C6H18N4OP. The molecule has 3 radical (unpaired) electrons. The molecule has 0 aliphatic rings. The molecule has 0 heterocycles. The fourth-order valence-electron chi connectivity index (χ4n) is 1.07. The van der Waals surface area contributed by atoms with Gasteiger partial charge in [-0.2, -0.15) is 0 Å². The number of hydrogen-bond acceptors (Lipinski definition) is 1. The van der Waals surface area contributed by atoms with Gasteiger partial charge in [-0.15, -0.1) is 0 Å². The molecule has 0 rings (SSSR count). The van der Waals surface area contributed by atoms with Gasteiger partial charge in [0.05, 0.1) is 0 Å². The molecule has 73 valence electrons. The Kier molecular flexibility index (Phi) is 6.01. The van der Waals surface area contributed by atoms with Crippen molar-refractivity contribution in [2.24, 2.45) is 0 Å². The van der Waals surface area contributed by atoms with Gasteiger partial charge in [-0.1, -0.05) is 0 Å². The van der Waals surface area contributed by atoms with Crippen molar-refractivity contribution in [2.75, 3.05) is 42.3 Å². The molecule has 0 N–H and O–H groups in total. The second-order valence-corrected chi connectivity index (χ2v) is 6.48. The van der Waals surface area contributed by atoms with Crippen molar-refractivity contribution in [3.63, 3.8) is 0 Å². The first-order chi connectivity index (χ1) is 4.83. The van der Waals surface area contributed by atoms with Crippen LogP contribution >= 0.6 is 7.59 Å². The first kappa shape index (κ1) is 14.6. The van der Waals surface area contributed by atoms with Crippen molar-refractivity contribution < 1.29 is 4.57 Å². The zero-order valence-corrected chi connectivity index (χ0v) is 9.54. The molecule has 5 nitrogen and oxygen atoms in total. The van der Waals surface area contributed by atoms with Gasteiger partial charge >= 0.3 is 0 Å². The van der Waals surface area contributed by atoms with E-state index >= 15 is 0 Å². The molecule has 0 atom stereocenters. The Balaban J connectivity index is 0. The average Bonchev–Trinajstić information content (AvgIpc) is 1.84. The van der Waals surface area contributed by atoms with E-state index in [1.54, 1.807) is 14.0 Å². The van der Waals surface area contributed by atoms with E-state index in [0.29, 0.717) is 0 Å². The maximum absolute atomic E-state index is 12.1. The molecule has 0 aliphatic heterocycles. The van der Waals surface area contributed by atoms with E-state index in [1.165, 1.54) is 0 Å². The predicted molar refractivity (Wildman–Crippen MR) is 50.8 cm³/mol. The van der Waals surface area contributed by atoms with Crippen LogP contribution < -0.4 is 6.15 Å². The Hall–Kier alpha value is 0.0700. The highest BCUT2D eigenvalue weighted by molar-refractivity contribution is 7.56. The van der Waals surface area contributed by atoms with Crippen molar-refractivity contribution in [2.45, 2.75) is 0 Å². The van der Waals surface area contributed by atoms with E-state index in [4.69, 9.17) is 0 Å². The lowest BCUT2D eigenvalue weighted by Crippen LogP contribution is -2.30. The van der Waals surface area contributed by atoms with Gasteiger partial charge in [0, 0.05) is 6.15 Å². The Morgan fingerprint density at radius 2 is 0.917 bits per heavy atom. The molecule has 0 aliphatic carbocycles. The van der Waals surface area contributed by atoms with Crippen LogP contribution in [0.15, 0.2) is 0 Å². The molecule has 0 aromatic carbocycles. The molecule has 0 unspecified atom stereocenters. The second-order valence-electron chi connectivity index (χ2n) is 3.05. The third kappa shape index (κ3) is 2.54. The van der Waals surface area contributed by atoms with Gasteiger partial charge in [0.25, 0.3) is 7.59 Å². The Morgan fingerprint density at radius 1 is 0.750 bits per heavy atom. The topological polar surface area (TPSA) is 57.3 Å². The third-order valence-corrected chi connectivity index (χ3v) is 4.69. The van der Waals surface area contributed by atoms with E-state index in [1.807, 2.05) is 42.3 Å². The minimum absolute atomic E-state index is 0. The smallest absolute Gasteiger partial charge is 0.270 e. The summed E-state index contributed by atoms with van der Waals surface area (Å²) in [5.74, 6) is 0. The standard InChI is InChI=1S/C6H18N3OP.N/c1-7(2)11(10,8(3)4)9(5)6;/h1-6H3;. The van der Waals surface area contributed by atoms with Crippen LogP contribution in [0, 0.1) is 0 Å².